The second kappa shape index (κ2) is 6.67. The Morgan fingerprint density at radius 1 is 1.05 bits per heavy atom. The molecular formula is C12H24N2O5S. The average Bonchev–Trinajstić information content (AvgIpc) is 2.91. The summed E-state index contributed by atoms with van der Waals surface area (Å²) in [6.07, 6.45) is 0.991. The summed E-state index contributed by atoms with van der Waals surface area (Å²) in [5, 5.41) is 9.11. The normalized spacial score (nSPS) is 30.9. The predicted octanol–water partition coefficient (Wildman–Crippen LogP) is -0.719. The SMILES string of the molecule is COC1CN(S(=O)(=O)N2CCC(CO)CC2)CC1OC. The van der Waals surface area contributed by atoms with Gasteiger partial charge in [-0.15, -0.1) is 0 Å². The molecule has 2 saturated heterocycles. The van der Waals surface area contributed by atoms with Crippen LogP contribution >= 0.6 is 0 Å². The summed E-state index contributed by atoms with van der Waals surface area (Å²) in [6.45, 7) is 1.74. The zero-order valence-corrected chi connectivity index (χ0v) is 12.9. The fraction of sp³-hybridized carbons (Fsp3) is 1.00. The van der Waals surface area contributed by atoms with Crippen LogP contribution in [0.2, 0.25) is 0 Å². The van der Waals surface area contributed by atoms with Gasteiger partial charge in [-0.25, -0.2) is 0 Å². The summed E-state index contributed by atoms with van der Waals surface area (Å²) in [5.41, 5.74) is 0. The first kappa shape index (κ1) is 16.1. The number of nitrogens with zero attached hydrogens (tertiary/aromatic N) is 2. The van der Waals surface area contributed by atoms with Crippen LogP contribution in [0.25, 0.3) is 0 Å². The van der Waals surface area contributed by atoms with Gasteiger partial charge in [-0.3, -0.25) is 0 Å². The van der Waals surface area contributed by atoms with Gasteiger partial charge in [0.15, 0.2) is 0 Å². The number of hydrogen-bond acceptors (Lipinski definition) is 5. The first-order valence-corrected chi connectivity index (χ1v) is 8.34. The Bertz CT molecular complexity index is 396. The molecule has 0 radical (unpaired) electrons. The molecule has 0 aromatic carbocycles. The quantitative estimate of drug-likeness (QED) is 0.725. The second-order valence-corrected chi connectivity index (χ2v) is 7.33. The molecule has 2 heterocycles. The molecule has 2 fully saturated rings. The van der Waals surface area contributed by atoms with Gasteiger partial charge in [0.25, 0.3) is 10.2 Å². The Kier molecular flexibility index (Phi) is 5.38. The van der Waals surface area contributed by atoms with E-state index in [9.17, 15) is 8.42 Å². The smallest absolute Gasteiger partial charge is 0.282 e. The third-order valence-electron chi connectivity index (χ3n) is 4.27. The van der Waals surface area contributed by atoms with E-state index in [0.717, 1.165) is 0 Å². The Balaban J connectivity index is 2.01. The van der Waals surface area contributed by atoms with Gasteiger partial charge in [-0.05, 0) is 18.8 Å². The molecule has 7 nitrogen and oxygen atoms in total. The summed E-state index contributed by atoms with van der Waals surface area (Å²) < 4.78 is 38.7. The van der Waals surface area contributed by atoms with Crippen molar-refractivity contribution in [1.82, 2.24) is 8.61 Å². The lowest BCUT2D eigenvalue weighted by atomic mass is 10.00. The maximum Gasteiger partial charge on any atom is 0.282 e. The van der Waals surface area contributed by atoms with Gasteiger partial charge in [0.1, 0.15) is 0 Å². The second-order valence-electron chi connectivity index (χ2n) is 5.40. The van der Waals surface area contributed by atoms with Crippen molar-refractivity contribution in [1.29, 1.82) is 0 Å². The topological polar surface area (TPSA) is 79.3 Å². The number of hydrogen-bond donors (Lipinski definition) is 1. The molecule has 0 bridgehead atoms. The highest BCUT2D eigenvalue weighted by atomic mass is 32.2. The van der Waals surface area contributed by atoms with E-state index in [1.165, 1.54) is 8.61 Å². The Labute approximate surface area is 120 Å². The van der Waals surface area contributed by atoms with E-state index in [1.807, 2.05) is 0 Å². The summed E-state index contributed by atoms with van der Waals surface area (Å²) in [6, 6.07) is 0. The van der Waals surface area contributed by atoms with Gasteiger partial charge < -0.3 is 14.6 Å². The molecule has 0 aromatic rings. The molecule has 2 rings (SSSR count). The number of rotatable bonds is 5. The molecule has 2 aliphatic heterocycles. The zero-order chi connectivity index (χ0) is 14.8. The standard InChI is InChI=1S/C12H24N2O5S/c1-18-11-7-14(8-12(11)19-2)20(16,17)13-5-3-10(9-15)4-6-13/h10-12,15H,3-9H2,1-2H3. The van der Waals surface area contributed by atoms with Crippen molar-refractivity contribution in [3.63, 3.8) is 0 Å². The van der Waals surface area contributed by atoms with Crippen molar-refractivity contribution < 1.29 is 23.0 Å². The van der Waals surface area contributed by atoms with Crippen LogP contribution in [0.3, 0.4) is 0 Å². The van der Waals surface area contributed by atoms with Gasteiger partial charge in [0.2, 0.25) is 0 Å². The van der Waals surface area contributed by atoms with Crippen molar-refractivity contribution in [3.05, 3.63) is 0 Å². The van der Waals surface area contributed by atoms with E-state index >= 15 is 0 Å². The molecule has 2 atom stereocenters. The maximum absolute atomic E-state index is 12.6. The number of methoxy groups -OCH3 is 2. The molecule has 1 N–H and O–H groups in total. The van der Waals surface area contributed by atoms with Crippen molar-refractivity contribution in [2.75, 3.05) is 47.0 Å². The summed E-state index contributed by atoms with van der Waals surface area (Å²) in [7, 11) is -0.316. The Morgan fingerprint density at radius 2 is 1.55 bits per heavy atom. The van der Waals surface area contributed by atoms with Gasteiger partial charge in [0, 0.05) is 47.0 Å². The van der Waals surface area contributed by atoms with Crippen molar-refractivity contribution in [2.45, 2.75) is 25.0 Å². The predicted molar refractivity (Wildman–Crippen MR) is 73.5 cm³/mol. The monoisotopic (exact) mass is 308 g/mol. The van der Waals surface area contributed by atoms with Gasteiger partial charge >= 0.3 is 0 Å². The van der Waals surface area contributed by atoms with Crippen molar-refractivity contribution >= 4 is 10.2 Å². The third kappa shape index (κ3) is 3.15. The molecule has 0 spiro atoms. The Morgan fingerprint density at radius 3 is 1.95 bits per heavy atom. The van der Waals surface area contributed by atoms with Crippen molar-refractivity contribution in [2.24, 2.45) is 5.92 Å². The molecule has 0 saturated carbocycles. The lowest BCUT2D eigenvalue weighted by molar-refractivity contribution is -0.00461. The molecular weight excluding hydrogens is 284 g/mol. The number of piperidine rings is 1. The van der Waals surface area contributed by atoms with Crippen LogP contribution < -0.4 is 0 Å². The molecule has 0 aliphatic carbocycles. The summed E-state index contributed by atoms with van der Waals surface area (Å²) in [5.74, 6) is 0.221. The first-order valence-electron chi connectivity index (χ1n) is 6.94. The zero-order valence-electron chi connectivity index (χ0n) is 12.1. The minimum absolute atomic E-state index is 0.134. The van der Waals surface area contributed by atoms with E-state index in [2.05, 4.69) is 0 Å². The van der Waals surface area contributed by atoms with E-state index in [0.29, 0.717) is 39.0 Å². The molecule has 2 unspecified atom stereocenters. The largest absolute Gasteiger partial charge is 0.396 e. The van der Waals surface area contributed by atoms with E-state index < -0.39 is 10.2 Å². The number of ether oxygens (including phenoxy) is 2. The van der Waals surface area contributed by atoms with Crippen LogP contribution in [0.1, 0.15) is 12.8 Å². The molecule has 2 aliphatic rings. The van der Waals surface area contributed by atoms with Crippen LogP contribution in [0.5, 0.6) is 0 Å². The van der Waals surface area contributed by atoms with Gasteiger partial charge in [-0.1, -0.05) is 0 Å². The highest BCUT2D eigenvalue weighted by molar-refractivity contribution is 7.86. The molecule has 118 valence electrons. The van der Waals surface area contributed by atoms with Crippen LogP contribution in [-0.4, -0.2) is 81.3 Å². The third-order valence-corrected chi connectivity index (χ3v) is 6.24. The van der Waals surface area contributed by atoms with Crippen LogP contribution in [0.4, 0.5) is 0 Å². The molecule has 0 amide bonds. The lowest BCUT2D eigenvalue weighted by Crippen LogP contribution is -2.47. The maximum atomic E-state index is 12.6. The fourth-order valence-electron chi connectivity index (χ4n) is 2.84. The molecule has 20 heavy (non-hydrogen) atoms. The highest BCUT2D eigenvalue weighted by Crippen LogP contribution is 2.25. The Hall–Kier alpha value is -0.250. The summed E-state index contributed by atoms with van der Waals surface area (Å²) >= 11 is 0. The average molecular weight is 308 g/mol. The van der Waals surface area contributed by atoms with Crippen LogP contribution in [-0.2, 0) is 19.7 Å². The minimum Gasteiger partial charge on any atom is -0.396 e. The van der Waals surface area contributed by atoms with Crippen LogP contribution in [0, 0.1) is 5.92 Å². The number of aliphatic hydroxyl groups excluding tert-OH is 1. The minimum atomic E-state index is -3.45. The van der Waals surface area contributed by atoms with E-state index in [1.54, 1.807) is 14.2 Å². The van der Waals surface area contributed by atoms with Gasteiger partial charge in [0.05, 0.1) is 12.2 Å². The number of aliphatic hydroxyl groups is 1. The molecule has 0 aromatic heterocycles. The van der Waals surface area contributed by atoms with Crippen LogP contribution in [0.15, 0.2) is 0 Å². The molecule has 8 heteroatoms. The lowest BCUT2D eigenvalue weighted by Gasteiger charge is -2.33. The van der Waals surface area contributed by atoms with Crippen molar-refractivity contribution in [3.8, 4) is 0 Å². The highest BCUT2D eigenvalue weighted by Gasteiger charge is 2.42. The van der Waals surface area contributed by atoms with Gasteiger partial charge in [-0.2, -0.15) is 17.0 Å². The van der Waals surface area contributed by atoms with E-state index in [4.69, 9.17) is 14.6 Å². The fourth-order valence-corrected chi connectivity index (χ4v) is 4.51. The van der Waals surface area contributed by atoms with E-state index in [-0.39, 0.29) is 24.7 Å². The summed E-state index contributed by atoms with van der Waals surface area (Å²) in [4.78, 5) is 0. The first-order chi connectivity index (χ1) is 9.52.